The van der Waals surface area contributed by atoms with Crippen LogP contribution in [0.4, 0.5) is 5.82 Å². The second-order valence-corrected chi connectivity index (χ2v) is 5.13. The average Bonchev–Trinajstić information content (AvgIpc) is 2.83. The number of hydrogen-bond acceptors (Lipinski definition) is 4. The Morgan fingerprint density at radius 1 is 1.32 bits per heavy atom. The van der Waals surface area contributed by atoms with Gasteiger partial charge >= 0.3 is 0 Å². The maximum absolute atomic E-state index is 6.30. The van der Waals surface area contributed by atoms with Crippen molar-refractivity contribution in [3.05, 3.63) is 28.3 Å². The minimum Gasteiger partial charge on any atom is -0.494 e. The molecule has 0 fully saturated rings. The van der Waals surface area contributed by atoms with Crippen molar-refractivity contribution >= 4 is 17.4 Å². The molecule has 0 radical (unpaired) electrons. The zero-order valence-electron chi connectivity index (χ0n) is 10.7. The molecule has 0 spiro atoms. The van der Waals surface area contributed by atoms with Crippen molar-refractivity contribution in [2.75, 3.05) is 12.8 Å². The zero-order chi connectivity index (χ0) is 13.4. The molecule has 0 saturated heterocycles. The van der Waals surface area contributed by atoms with Crippen LogP contribution >= 0.6 is 11.6 Å². The zero-order valence-corrected chi connectivity index (χ0v) is 11.5. The molecule has 0 unspecified atom stereocenters. The molecule has 5 heteroatoms. The van der Waals surface area contributed by atoms with Gasteiger partial charge in [0.15, 0.2) is 11.6 Å². The smallest absolute Gasteiger partial charge is 0.173 e. The summed E-state index contributed by atoms with van der Waals surface area (Å²) in [4.78, 5) is 0. The highest BCUT2D eigenvalue weighted by molar-refractivity contribution is 6.32. The van der Waals surface area contributed by atoms with E-state index in [0.29, 0.717) is 22.4 Å². The summed E-state index contributed by atoms with van der Waals surface area (Å²) in [6.07, 6.45) is 4.39. The minimum atomic E-state index is 0.363. The van der Waals surface area contributed by atoms with Gasteiger partial charge in [-0.05, 0) is 42.9 Å². The van der Waals surface area contributed by atoms with Crippen molar-refractivity contribution in [3.63, 3.8) is 0 Å². The van der Waals surface area contributed by atoms with Crippen LogP contribution in [-0.2, 0) is 12.8 Å². The number of anilines is 1. The van der Waals surface area contributed by atoms with Crippen molar-refractivity contribution in [1.82, 2.24) is 5.16 Å². The Kier molecular flexibility index (Phi) is 3.11. The van der Waals surface area contributed by atoms with Crippen LogP contribution in [0.3, 0.4) is 0 Å². The van der Waals surface area contributed by atoms with E-state index < -0.39 is 0 Å². The van der Waals surface area contributed by atoms with Crippen LogP contribution in [0.25, 0.3) is 11.3 Å². The second kappa shape index (κ2) is 4.78. The summed E-state index contributed by atoms with van der Waals surface area (Å²) in [5.74, 6) is 1.62. The van der Waals surface area contributed by atoms with E-state index in [4.69, 9.17) is 26.6 Å². The van der Waals surface area contributed by atoms with E-state index in [2.05, 4.69) is 5.16 Å². The van der Waals surface area contributed by atoms with Gasteiger partial charge in [-0.3, -0.25) is 0 Å². The number of nitrogen functional groups attached to an aromatic ring is 1. The maximum atomic E-state index is 6.30. The van der Waals surface area contributed by atoms with Crippen molar-refractivity contribution in [2.45, 2.75) is 25.7 Å². The molecule has 1 aromatic carbocycles. The molecule has 4 nitrogen and oxygen atoms in total. The van der Waals surface area contributed by atoms with E-state index in [1.165, 1.54) is 17.5 Å². The number of aryl methyl sites for hydroxylation is 1. The Morgan fingerprint density at radius 3 is 2.79 bits per heavy atom. The molecule has 100 valence electrons. The molecule has 0 amide bonds. The number of benzene rings is 1. The summed E-state index contributed by atoms with van der Waals surface area (Å²) in [5, 5.41) is 4.36. The van der Waals surface area contributed by atoms with Crippen molar-refractivity contribution in [1.29, 1.82) is 0 Å². The van der Waals surface area contributed by atoms with Gasteiger partial charge in [-0.25, -0.2) is 0 Å². The molecule has 1 aliphatic carbocycles. The number of aromatic nitrogens is 1. The van der Waals surface area contributed by atoms with Gasteiger partial charge in [-0.1, -0.05) is 16.8 Å². The summed E-state index contributed by atoms with van der Waals surface area (Å²) < 4.78 is 10.7. The second-order valence-electron chi connectivity index (χ2n) is 4.73. The van der Waals surface area contributed by atoms with Gasteiger partial charge in [0, 0.05) is 6.07 Å². The fourth-order valence-corrected chi connectivity index (χ4v) is 3.02. The first-order valence-electron chi connectivity index (χ1n) is 6.31. The molecule has 0 atom stereocenters. The van der Waals surface area contributed by atoms with Crippen LogP contribution in [0.5, 0.6) is 5.75 Å². The van der Waals surface area contributed by atoms with E-state index in [-0.39, 0.29) is 0 Å². The van der Waals surface area contributed by atoms with Crippen LogP contribution in [0.15, 0.2) is 16.7 Å². The number of nitrogens with zero attached hydrogens (tertiary/aromatic N) is 1. The van der Waals surface area contributed by atoms with E-state index in [1.807, 2.05) is 6.07 Å². The predicted octanol–water partition coefficient (Wildman–Crippen LogP) is 3.46. The largest absolute Gasteiger partial charge is 0.494 e. The molecule has 1 heterocycles. The van der Waals surface area contributed by atoms with Crippen molar-refractivity contribution < 1.29 is 9.26 Å². The highest BCUT2D eigenvalue weighted by Crippen LogP contribution is 2.43. The van der Waals surface area contributed by atoms with Crippen LogP contribution in [0.2, 0.25) is 5.02 Å². The lowest BCUT2D eigenvalue weighted by atomic mass is 9.87. The molecule has 2 aromatic rings. The van der Waals surface area contributed by atoms with Gasteiger partial charge < -0.3 is 15.0 Å². The first-order chi connectivity index (χ1) is 9.20. The van der Waals surface area contributed by atoms with Gasteiger partial charge in [-0.15, -0.1) is 0 Å². The average molecular weight is 279 g/mol. The molecule has 1 aliphatic rings. The fraction of sp³-hybridized carbons (Fsp3) is 0.357. The monoisotopic (exact) mass is 278 g/mol. The number of hydrogen-bond donors (Lipinski definition) is 1. The Bertz CT molecular complexity index is 622. The summed E-state index contributed by atoms with van der Waals surface area (Å²) >= 11 is 6.30. The van der Waals surface area contributed by atoms with Crippen molar-refractivity contribution in [2.24, 2.45) is 0 Å². The van der Waals surface area contributed by atoms with Crippen LogP contribution < -0.4 is 10.5 Å². The van der Waals surface area contributed by atoms with Crippen LogP contribution in [0.1, 0.15) is 24.0 Å². The number of halogens is 1. The van der Waals surface area contributed by atoms with Crippen LogP contribution in [0, 0.1) is 0 Å². The van der Waals surface area contributed by atoms with Gasteiger partial charge in [0.05, 0.1) is 17.7 Å². The number of rotatable bonds is 2. The van der Waals surface area contributed by atoms with Gasteiger partial charge in [0.1, 0.15) is 5.75 Å². The Hall–Kier alpha value is -1.68. The minimum absolute atomic E-state index is 0.363. The SMILES string of the molecule is COc1c(Cl)cc2c(c1-c1cc(N)no1)CCCC2. The Labute approximate surface area is 116 Å². The lowest BCUT2D eigenvalue weighted by molar-refractivity contribution is 0.405. The first-order valence-corrected chi connectivity index (χ1v) is 6.69. The molecule has 0 aliphatic heterocycles. The summed E-state index contributed by atoms with van der Waals surface area (Å²) in [6.45, 7) is 0. The molecule has 19 heavy (non-hydrogen) atoms. The summed E-state index contributed by atoms with van der Waals surface area (Å²) in [5.41, 5.74) is 9.05. The number of fused-ring (bicyclic) bond motifs is 1. The highest BCUT2D eigenvalue weighted by atomic mass is 35.5. The quantitative estimate of drug-likeness (QED) is 0.914. The topological polar surface area (TPSA) is 61.3 Å². The number of nitrogens with two attached hydrogens (primary N) is 1. The van der Waals surface area contributed by atoms with Gasteiger partial charge in [0.2, 0.25) is 0 Å². The van der Waals surface area contributed by atoms with Gasteiger partial charge in [0.25, 0.3) is 0 Å². The number of ether oxygens (including phenoxy) is 1. The summed E-state index contributed by atoms with van der Waals surface area (Å²) in [6, 6.07) is 3.71. The van der Waals surface area contributed by atoms with E-state index in [1.54, 1.807) is 13.2 Å². The maximum Gasteiger partial charge on any atom is 0.173 e. The molecule has 0 bridgehead atoms. The van der Waals surface area contributed by atoms with E-state index >= 15 is 0 Å². The standard InChI is InChI=1S/C14H15ClN2O2/c1-18-14-10(15)6-8-4-2-3-5-9(8)13(14)11-7-12(16)17-19-11/h6-7H,2-5H2,1H3,(H2,16,17). The fourth-order valence-electron chi connectivity index (χ4n) is 2.72. The lowest BCUT2D eigenvalue weighted by Crippen LogP contribution is -2.06. The van der Waals surface area contributed by atoms with Gasteiger partial charge in [-0.2, -0.15) is 0 Å². The molecule has 0 saturated carbocycles. The molecular weight excluding hydrogens is 264 g/mol. The Balaban J connectivity index is 2.27. The third-order valence-corrected chi connectivity index (χ3v) is 3.82. The third kappa shape index (κ3) is 2.06. The lowest BCUT2D eigenvalue weighted by Gasteiger charge is -2.21. The Morgan fingerprint density at radius 2 is 2.11 bits per heavy atom. The van der Waals surface area contributed by atoms with Crippen LogP contribution in [-0.4, -0.2) is 12.3 Å². The van der Waals surface area contributed by atoms with E-state index in [0.717, 1.165) is 24.8 Å². The molecule has 2 N–H and O–H groups in total. The molecular formula is C14H15ClN2O2. The van der Waals surface area contributed by atoms with E-state index in [9.17, 15) is 0 Å². The third-order valence-electron chi connectivity index (χ3n) is 3.54. The normalized spacial score (nSPS) is 14.2. The molecule has 3 rings (SSSR count). The first kappa shape index (κ1) is 12.4. The summed E-state index contributed by atoms with van der Waals surface area (Å²) in [7, 11) is 1.61. The highest BCUT2D eigenvalue weighted by Gasteiger charge is 2.23. The number of methoxy groups -OCH3 is 1. The van der Waals surface area contributed by atoms with Crippen molar-refractivity contribution in [3.8, 4) is 17.1 Å². The molecule has 1 aromatic heterocycles. The predicted molar refractivity (Wildman–Crippen MR) is 74.6 cm³/mol.